The summed E-state index contributed by atoms with van der Waals surface area (Å²) in [7, 11) is 0. The molecule has 0 bridgehead atoms. The molecule has 0 unspecified atom stereocenters. The molecule has 2 amide bonds. The van der Waals surface area contributed by atoms with Crippen LogP contribution in [0.25, 0.3) is 0 Å². The number of nitrogens with zero attached hydrogens (tertiary/aromatic N) is 2. The first kappa shape index (κ1) is 16.0. The molecule has 1 aliphatic carbocycles. The Hall–Kier alpha value is -2.84. The highest BCUT2D eigenvalue weighted by Gasteiger charge is 2.22. The smallest absolute Gasteiger partial charge is 0.335 e. The van der Waals surface area contributed by atoms with Gasteiger partial charge in [-0.1, -0.05) is 19.3 Å². The molecule has 9 heteroatoms. The number of amides is 2. The van der Waals surface area contributed by atoms with E-state index in [-0.39, 0.29) is 24.1 Å². The predicted molar refractivity (Wildman–Crippen MR) is 85.4 cm³/mol. The van der Waals surface area contributed by atoms with Crippen molar-refractivity contribution in [2.75, 3.05) is 6.79 Å². The van der Waals surface area contributed by atoms with Crippen molar-refractivity contribution in [2.45, 2.75) is 38.1 Å². The van der Waals surface area contributed by atoms with Crippen molar-refractivity contribution in [3.05, 3.63) is 27.8 Å². The number of rotatable bonds is 4. The predicted octanol–water partition coefficient (Wildman–Crippen LogP) is 2.29. The van der Waals surface area contributed by atoms with Gasteiger partial charge in [0, 0.05) is 6.04 Å². The van der Waals surface area contributed by atoms with Gasteiger partial charge in [0.25, 0.3) is 5.69 Å². The summed E-state index contributed by atoms with van der Waals surface area (Å²) in [6, 6.07) is 2.49. The summed E-state index contributed by atoms with van der Waals surface area (Å²) < 4.78 is 10.3. The molecule has 2 N–H and O–H groups in total. The number of nitro benzene ring substituents is 1. The van der Waals surface area contributed by atoms with Crippen LogP contribution in [-0.4, -0.2) is 30.0 Å². The molecule has 1 aromatic rings. The Bertz CT molecular complexity index is 670. The fraction of sp³-hybridized carbons (Fsp3) is 0.467. The van der Waals surface area contributed by atoms with Crippen molar-refractivity contribution in [3.8, 4) is 11.5 Å². The van der Waals surface area contributed by atoms with Gasteiger partial charge in [0.15, 0.2) is 11.5 Å². The number of nitro groups is 1. The first-order valence-electron chi connectivity index (χ1n) is 7.81. The fourth-order valence-corrected chi connectivity index (χ4v) is 2.83. The van der Waals surface area contributed by atoms with Gasteiger partial charge >= 0.3 is 6.03 Å². The fourth-order valence-electron chi connectivity index (χ4n) is 2.83. The zero-order valence-electron chi connectivity index (χ0n) is 13.0. The molecule has 1 aliphatic heterocycles. The Labute approximate surface area is 138 Å². The molecular weight excluding hydrogens is 316 g/mol. The van der Waals surface area contributed by atoms with Crippen molar-refractivity contribution in [1.82, 2.24) is 10.7 Å². The lowest BCUT2D eigenvalue weighted by atomic mass is 9.96. The standard InChI is InChI=1S/C15H18N4O5/c20-15(17-11-4-2-1-3-5-11)18-16-8-10-6-13-14(24-9-23-13)7-12(10)19(21)22/h6-8,11H,1-5,9H2,(H2,17,18,20)/b16-8-. The summed E-state index contributed by atoms with van der Waals surface area (Å²) in [6.07, 6.45) is 6.57. The second kappa shape index (κ2) is 7.16. The van der Waals surface area contributed by atoms with Gasteiger partial charge in [-0.05, 0) is 18.9 Å². The quantitative estimate of drug-likeness (QED) is 0.498. The van der Waals surface area contributed by atoms with Gasteiger partial charge in [-0.2, -0.15) is 5.10 Å². The molecule has 0 spiro atoms. The van der Waals surface area contributed by atoms with Crippen LogP contribution >= 0.6 is 0 Å². The molecule has 0 atom stereocenters. The molecule has 1 fully saturated rings. The van der Waals surface area contributed by atoms with Gasteiger partial charge in [0.05, 0.1) is 22.8 Å². The van der Waals surface area contributed by atoms with Gasteiger partial charge in [0.1, 0.15) is 0 Å². The number of ether oxygens (including phenoxy) is 2. The highest BCUT2D eigenvalue weighted by atomic mass is 16.7. The molecule has 0 saturated heterocycles. The molecule has 3 rings (SSSR count). The van der Waals surface area contributed by atoms with Crippen molar-refractivity contribution in [2.24, 2.45) is 5.10 Å². The van der Waals surface area contributed by atoms with Crippen LogP contribution in [0.5, 0.6) is 11.5 Å². The second-order valence-electron chi connectivity index (χ2n) is 5.70. The number of nitrogens with one attached hydrogen (secondary N) is 2. The molecule has 1 heterocycles. The Balaban J connectivity index is 1.63. The minimum absolute atomic E-state index is 0.0229. The van der Waals surface area contributed by atoms with E-state index in [9.17, 15) is 14.9 Å². The lowest BCUT2D eigenvalue weighted by Gasteiger charge is -2.22. The highest BCUT2D eigenvalue weighted by Crippen LogP contribution is 2.37. The monoisotopic (exact) mass is 334 g/mol. The van der Waals surface area contributed by atoms with Crippen molar-refractivity contribution >= 4 is 17.9 Å². The van der Waals surface area contributed by atoms with Crippen molar-refractivity contribution in [1.29, 1.82) is 0 Å². The van der Waals surface area contributed by atoms with E-state index in [1.807, 2.05) is 0 Å². The van der Waals surface area contributed by atoms with Crippen LogP contribution in [0.2, 0.25) is 0 Å². The van der Waals surface area contributed by atoms with E-state index in [1.54, 1.807) is 0 Å². The Kier molecular flexibility index (Phi) is 4.78. The minimum atomic E-state index is -0.536. The average molecular weight is 334 g/mol. The normalized spacial score (nSPS) is 17.0. The third kappa shape index (κ3) is 3.73. The van der Waals surface area contributed by atoms with Gasteiger partial charge in [-0.3, -0.25) is 10.1 Å². The number of carbonyl (C=O) groups is 1. The van der Waals surface area contributed by atoms with Crippen LogP contribution in [0.15, 0.2) is 17.2 Å². The number of hydrogen-bond acceptors (Lipinski definition) is 6. The third-order valence-electron chi connectivity index (χ3n) is 4.03. The van der Waals surface area contributed by atoms with E-state index in [0.717, 1.165) is 25.7 Å². The van der Waals surface area contributed by atoms with Crippen LogP contribution in [0.3, 0.4) is 0 Å². The van der Waals surface area contributed by atoms with E-state index in [2.05, 4.69) is 15.8 Å². The average Bonchev–Trinajstić information content (AvgIpc) is 3.02. The lowest BCUT2D eigenvalue weighted by Crippen LogP contribution is -2.41. The zero-order valence-corrected chi connectivity index (χ0v) is 13.0. The van der Waals surface area contributed by atoms with Crippen LogP contribution < -0.4 is 20.2 Å². The molecule has 128 valence electrons. The van der Waals surface area contributed by atoms with E-state index >= 15 is 0 Å². The summed E-state index contributed by atoms with van der Waals surface area (Å²) in [6.45, 7) is 0.0229. The molecular formula is C15H18N4O5. The number of benzene rings is 1. The summed E-state index contributed by atoms with van der Waals surface area (Å²) in [5.74, 6) is 0.732. The van der Waals surface area contributed by atoms with E-state index in [0.29, 0.717) is 11.5 Å². The third-order valence-corrected chi connectivity index (χ3v) is 4.03. The number of carbonyl (C=O) groups excluding carboxylic acids is 1. The van der Waals surface area contributed by atoms with Crippen LogP contribution in [0.4, 0.5) is 10.5 Å². The maximum Gasteiger partial charge on any atom is 0.335 e. The Morgan fingerprint density at radius 2 is 1.96 bits per heavy atom. The summed E-state index contributed by atoms with van der Waals surface area (Å²) in [5, 5.41) is 17.8. The number of fused-ring (bicyclic) bond motifs is 1. The van der Waals surface area contributed by atoms with Gasteiger partial charge in [0.2, 0.25) is 6.79 Å². The number of hydrogen-bond donors (Lipinski definition) is 2. The number of hydrazone groups is 1. The van der Waals surface area contributed by atoms with E-state index in [4.69, 9.17) is 9.47 Å². The molecule has 1 aromatic carbocycles. The maximum atomic E-state index is 11.8. The molecule has 9 nitrogen and oxygen atoms in total. The summed E-state index contributed by atoms with van der Waals surface area (Å²) >= 11 is 0. The number of urea groups is 1. The van der Waals surface area contributed by atoms with Gasteiger partial charge in [-0.25, -0.2) is 10.2 Å². The molecule has 1 saturated carbocycles. The summed E-state index contributed by atoms with van der Waals surface area (Å²) in [4.78, 5) is 22.4. The topological polar surface area (TPSA) is 115 Å². The zero-order chi connectivity index (χ0) is 16.9. The SMILES string of the molecule is O=C(N/N=C\c1cc2c(cc1[N+](=O)[O-])OCO2)NC1CCCCC1. The molecule has 0 radical (unpaired) electrons. The van der Waals surface area contributed by atoms with Crippen LogP contribution in [0, 0.1) is 10.1 Å². The van der Waals surface area contributed by atoms with Gasteiger partial charge in [-0.15, -0.1) is 0 Å². The molecule has 2 aliphatic rings. The Morgan fingerprint density at radius 3 is 2.67 bits per heavy atom. The largest absolute Gasteiger partial charge is 0.454 e. The Morgan fingerprint density at radius 1 is 1.25 bits per heavy atom. The van der Waals surface area contributed by atoms with Gasteiger partial charge < -0.3 is 14.8 Å². The van der Waals surface area contributed by atoms with Crippen molar-refractivity contribution in [3.63, 3.8) is 0 Å². The van der Waals surface area contributed by atoms with E-state index in [1.165, 1.54) is 24.8 Å². The molecule has 24 heavy (non-hydrogen) atoms. The minimum Gasteiger partial charge on any atom is -0.454 e. The van der Waals surface area contributed by atoms with Crippen LogP contribution in [0.1, 0.15) is 37.7 Å². The van der Waals surface area contributed by atoms with Crippen molar-refractivity contribution < 1.29 is 19.2 Å². The second-order valence-corrected chi connectivity index (χ2v) is 5.70. The highest BCUT2D eigenvalue weighted by molar-refractivity contribution is 5.88. The lowest BCUT2D eigenvalue weighted by molar-refractivity contribution is -0.385. The van der Waals surface area contributed by atoms with Crippen LogP contribution in [-0.2, 0) is 0 Å². The first-order chi connectivity index (χ1) is 11.6. The molecule has 0 aromatic heterocycles. The first-order valence-corrected chi connectivity index (χ1v) is 7.81. The van der Waals surface area contributed by atoms with E-state index < -0.39 is 11.0 Å². The summed E-state index contributed by atoms with van der Waals surface area (Å²) in [5.41, 5.74) is 2.39. The maximum absolute atomic E-state index is 11.8.